The van der Waals surface area contributed by atoms with Crippen LogP contribution in [0.15, 0.2) is 30.5 Å². The van der Waals surface area contributed by atoms with Crippen LogP contribution >= 0.6 is 0 Å². The Labute approximate surface area is 150 Å². The van der Waals surface area contributed by atoms with Crippen molar-refractivity contribution in [2.24, 2.45) is 5.92 Å². The molecule has 140 valence electrons. The minimum Gasteiger partial charge on any atom is -0.352 e. The molecular formula is C19H22F3N3O. The first-order chi connectivity index (χ1) is 12.4. The van der Waals surface area contributed by atoms with Crippen LogP contribution in [0.25, 0.3) is 10.9 Å². The van der Waals surface area contributed by atoms with Crippen LogP contribution in [0.1, 0.15) is 41.6 Å². The normalized spacial score (nSPS) is 20.9. The van der Waals surface area contributed by atoms with Crippen molar-refractivity contribution in [3.63, 3.8) is 0 Å². The van der Waals surface area contributed by atoms with Crippen LogP contribution < -0.4 is 10.6 Å². The zero-order valence-electron chi connectivity index (χ0n) is 14.6. The maximum absolute atomic E-state index is 13.2. The second kappa shape index (κ2) is 7.61. The van der Waals surface area contributed by atoms with Gasteiger partial charge in [0.05, 0.1) is 16.6 Å². The second-order valence-electron chi connectivity index (χ2n) is 6.77. The predicted molar refractivity (Wildman–Crippen MR) is 93.9 cm³/mol. The molecule has 26 heavy (non-hydrogen) atoms. The van der Waals surface area contributed by atoms with Crippen LogP contribution in [0.2, 0.25) is 0 Å². The summed E-state index contributed by atoms with van der Waals surface area (Å²) in [4.78, 5) is 16.4. The summed E-state index contributed by atoms with van der Waals surface area (Å²) >= 11 is 0. The van der Waals surface area contributed by atoms with Crippen LogP contribution in [0, 0.1) is 5.92 Å². The Morgan fingerprint density at radius 2 is 1.92 bits per heavy atom. The van der Waals surface area contributed by atoms with E-state index >= 15 is 0 Å². The second-order valence-corrected chi connectivity index (χ2v) is 6.77. The standard InChI is InChI=1S/C19H22F3N3O/c1-23-13-7-5-12(6-8-13)11-25-18(26)15-9-10-24-17-14(15)3-2-4-16(17)19(20,21)22/h2-4,9-10,12-13,23H,5-8,11H2,1H3,(H,25,26). The van der Waals surface area contributed by atoms with Gasteiger partial charge in [-0.2, -0.15) is 13.2 Å². The lowest BCUT2D eigenvalue weighted by molar-refractivity contribution is -0.136. The van der Waals surface area contributed by atoms with E-state index in [2.05, 4.69) is 15.6 Å². The SMILES string of the molecule is CNC1CCC(CNC(=O)c2ccnc3c(C(F)(F)F)cccc23)CC1. The quantitative estimate of drug-likeness (QED) is 0.867. The van der Waals surface area contributed by atoms with E-state index < -0.39 is 11.7 Å². The fourth-order valence-corrected chi connectivity index (χ4v) is 3.59. The lowest BCUT2D eigenvalue weighted by Crippen LogP contribution is -2.35. The molecule has 1 amide bonds. The van der Waals surface area contributed by atoms with Crippen LogP contribution in [0.3, 0.4) is 0 Å². The molecule has 1 aromatic heterocycles. The molecule has 1 saturated carbocycles. The molecular weight excluding hydrogens is 343 g/mol. The van der Waals surface area contributed by atoms with E-state index in [-0.39, 0.29) is 22.4 Å². The van der Waals surface area contributed by atoms with Gasteiger partial charge in [-0.3, -0.25) is 9.78 Å². The van der Waals surface area contributed by atoms with Gasteiger partial charge in [-0.15, -0.1) is 0 Å². The van der Waals surface area contributed by atoms with E-state index in [9.17, 15) is 18.0 Å². The van der Waals surface area contributed by atoms with Crippen molar-refractivity contribution in [2.45, 2.75) is 37.9 Å². The number of halogens is 3. The number of nitrogens with zero attached hydrogens (tertiary/aromatic N) is 1. The van der Waals surface area contributed by atoms with E-state index in [1.165, 1.54) is 24.4 Å². The number of carbonyl (C=O) groups is 1. The van der Waals surface area contributed by atoms with Gasteiger partial charge in [0, 0.05) is 24.2 Å². The summed E-state index contributed by atoms with van der Waals surface area (Å²) < 4.78 is 39.5. The molecule has 2 N–H and O–H groups in total. The van der Waals surface area contributed by atoms with E-state index in [1.807, 2.05) is 7.05 Å². The monoisotopic (exact) mass is 365 g/mol. The van der Waals surface area contributed by atoms with Gasteiger partial charge >= 0.3 is 6.18 Å². The average molecular weight is 365 g/mol. The number of alkyl halides is 3. The number of hydrogen-bond donors (Lipinski definition) is 2. The van der Waals surface area contributed by atoms with Gasteiger partial charge in [0.2, 0.25) is 0 Å². The molecule has 1 aliphatic rings. The molecule has 0 radical (unpaired) electrons. The Morgan fingerprint density at radius 1 is 1.19 bits per heavy atom. The first-order valence-corrected chi connectivity index (χ1v) is 8.80. The first-order valence-electron chi connectivity index (χ1n) is 8.80. The van der Waals surface area contributed by atoms with Gasteiger partial charge in [-0.05, 0) is 50.8 Å². The number of nitrogens with one attached hydrogen (secondary N) is 2. The van der Waals surface area contributed by atoms with E-state index in [1.54, 1.807) is 0 Å². The third-order valence-electron chi connectivity index (χ3n) is 5.13. The minimum atomic E-state index is -4.51. The Bertz CT molecular complexity index is 783. The van der Waals surface area contributed by atoms with Crippen molar-refractivity contribution in [1.29, 1.82) is 0 Å². The molecule has 1 heterocycles. The molecule has 1 fully saturated rings. The van der Waals surface area contributed by atoms with E-state index in [0.29, 0.717) is 18.5 Å². The number of amides is 1. The fraction of sp³-hybridized carbons (Fsp3) is 0.474. The highest BCUT2D eigenvalue weighted by Gasteiger charge is 2.33. The first kappa shape index (κ1) is 18.6. The summed E-state index contributed by atoms with van der Waals surface area (Å²) in [5, 5.41) is 6.37. The molecule has 7 heteroatoms. The fourth-order valence-electron chi connectivity index (χ4n) is 3.59. The van der Waals surface area contributed by atoms with E-state index in [0.717, 1.165) is 31.7 Å². The Kier molecular flexibility index (Phi) is 5.46. The molecule has 1 aliphatic carbocycles. The smallest absolute Gasteiger partial charge is 0.352 e. The summed E-state index contributed by atoms with van der Waals surface area (Å²) in [6.07, 6.45) is 0.953. The largest absolute Gasteiger partial charge is 0.418 e. The van der Waals surface area contributed by atoms with Crippen molar-refractivity contribution in [3.05, 3.63) is 41.6 Å². The summed E-state index contributed by atoms with van der Waals surface area (Å²) in [6, 6.07) is 5.80. The molecule has 0 saturated heterocycles. The third kappa shape index (κ3) is 3.98. The number of pyridine rings is 1. The van der Waals surface area contributed by atoms with Gasteiger partial charge in [0.15, 0.2) is 0 Å². The topological polar surface area (TPSA) is 54.0 Å². The maximum Gasteiger partial charge on any atom is 0.418 e. The third-order valence-corrected chi connectivity index (χ3v) is 5.13. The number of benzene rings is 1. The molecule has 0 bridgehead atoms. The number of fused-ring (bicyclic) bond motifs is 1. The highest BCUT2D eigenvalue weighted by Crippen LogP contribution is 2.34. The van der Waals surface area contributed by atoms with Crippen molar-refractivity contribution >= 4 is 16.8 Å². The van der Waals surface area contributed by atoms with Crippen LogP contribution in [-0.2, 0) is 6.18 Å². The van der Waals surface area contributed by atoms with Crippen molar-refractivity contribution in [2.75, 3.05) is 13.6 Å². The number of hydrogen-bond acceptors (Lipinski definition) is 3. The molecule has 0 atom stereocenters. The highest BCUT2D eigenvalue weighted by molar-refractivity contribution is 6.06. The van der Waals surface area contributed by atoms with Gasteiger partial charge in [-0.1, -0.05) is 12.1 Å². The molecule has 0 unspecified atom stereocenters. The Balaban J connectivity index is 1.75. The van der Waals surface area contributed by atoms with Gasteiger partial charge in [0.25, 0.3) is 5.91 Å². The molecule has 4 nitrogen and oxygen atoms in total. The molecule has 0 aliphatic heterocycles. The van der Waals surface area contributed by atoms with Crippen LogP contribution in [0.5, 0.6) is 0 Å². The number of carbonyl (C=O) groups excluding carboxylic acids is 1. The summed E-state index contributed by atoms with van der Waals surface area (Å²) in [5.41, 5.74) is -0.790. The highest BCUT2D eigenvalue weighted by atomic mass is 19.4. The number of aromatic nitrogens is 1. The predicted octanol–water partition coefficient (Wildman–Crippen LogP) is 3.76. The lowest BCUT2D eigenvalue weighted by atomic mass is 9.86. The zero-order valence-corrected chi connectivity index (χ0v) is 14.6. The summed E-state index contributed by atoms with van der Waals surface area (Å²) in [6.45, 7) is 0.540. The van der Waals surface area contributed by atoms with Crippen molar-refractivity contribution < 1.29 is 18.0 Å². The number of rotatable bonds is 4. The minimum absolute atomic E-state index is 0.192. The van der Waals surface area contributed by atoms with Gasteiger partial charge < -0.3 is 10.6 Å². The van der Waals surface area contributed by atoms with Gasteiger partial charge in [-0.25, -0.2) is 0 Å². The van der Waals surface area contributed by atoms with Crippen molar-refractivity contribution in [1.82, 2.24) is 15.6 Å². The van der Waals surface area contributed by atoms with Gasteiger partial charge in [0.1, 0.15) is 0 Å². The Hall–Kier alpha value is -2.15. The molecule has 1 aromatic carbocycles. The molecule has 2 aromatic rings. The van der Waals surface area contributed by atoms with Crippen molar-refractivity contribution in [3.8, 4) is 0 Å². The Morgan fingerprint density at radius 3 is 2.58 bits per heavy atom. The molecule has 3 rings (SSSR count). The average Bonchev–Trinajstić information content (AvgIpc) is 2.64. The number of para-hydroxylation sites is 1. The van der Waals surface area contributed by atoms with Crippen LogP contribution in [0.4, 0.5) is 13.2 Å². The van der Waals surface area contributed by atoms with E-state index in [4.69, 9.17) is 0 Å². The lowest BCUT2D eigenvalue weighted by Gasteiger charge is -2.28. The molecule has 0 spiro atoms. The summed E-state index contributed by atoms with van der Waals surface area (Å²) in [5.74, 6) is 0.0508. The maximum atomic E-state index is 13.2. The summed E-state index contributed by atoms with van der Waals surface area (Å²) in [7, 11) is 1.95. The van der Waals surface area contributed by atoms with Crippen LogP contribution in [-0.4, -0.2) is 30.5 Å². The zero-order chi connectivity index (χ0) is 18.7.